The number of hydrogen-bond donors (Lipinski definition) is 0. The van der Waals surface area contributed by atoms with Gasteiger partial charge in [0.25, 0.3) is 0 Å². The number of hydrogen-bond acceptors (Lipinski definition) is 0. The summed E-state index contributed by atoms with van der Waals surface area (Å²) >= 11 is 3.54. The van der Waals surface area contributed by atoms with E-state index in [1.54, 1.807) is 0 Å². The topological polar surface area (TPSA) is 0 Å². The lowest BCUT2D eigenvalue weighted by atomic mass is 10.0. The van der Waals surface area contributed by atoms with E-state index < -0.39 is 0 Å². The van der Waals surface area contributed by atoms with E-state index in [1.165, 1.54) is 11.1 Å². The molecule has 0 saturated heterocycles. The molecule has 66 valence electrons. The first-order chi connectivity index (χ1) is 5.61. The summed E-state index contributed by atoms with van der Waals surface area (Å²) in [5.41, 5.74) is 2.76. The quantitative estimate of drug-likeness (QED) is 0.662. The summed E-state index contributed by atoms with van der Waals surface area (Å²) in [4.78, 5) is 0.457. The normalized spacial score (nSPS) is 13.4. The summed E-state index contributed by atoms with van der Waals surface area (Å²) in [6.07, 6.45) is 0. The van der Waals surface area contributed by atoms with Crippen molar-refractivity contribution < 1.29 is 0 Å². The summed E-state index contributed by atoms with van der Waals surface area (Å²) in [5, 5.41) is 0. The SMILES string of the molecule is CC(C)c1ccc([C@H](C)Br)cc1. The van der Waals surface area contributed by atoms with Crippen molar-refractivity contribution >= 4 is 15.9 Å². The Hall–Kier alpha value is -0.300. The molecule has 1 aromatic rings. The fourth-order valence-corrected chi connectivity index (χ4v) is 1.45. The van der Waals surface area contributed by atoms with Crippen molar-refractivity contribution in [3.8, 4) is 0 Å². The first-order valence-corrected chi connectivity index (χ1v) is 5.26. The van der Waals surface area contributed by atoms with Crippen LogP contribution in [0.5, 0.6) is 0 Å². The lowest BCUT2D eigenvalue weighted by molar-refractivity contribution is 0.865. The Morgan fingerprint density at radius 3 is 1.67 bits per heavy atom. The number of benzene rings is 1. The van der Waals surface area contributed by atoms with Crippen molar-refractivity contribution in [2.24, 2.45) is 0 Å². The third kappa shape index (κ3) is 2.34. The Morgan fingerprint density at radius 2 is 1.33 bits per heavy atom. The summed E-state index contributed by atoms with van der Waals surface area (Å²) in [7, 11) is 0. The van der Waals surface area contributed by atoms with Crippen LogP contribution in [0.1, 0.15) is 42.6 Å². The summed E-state index contributed by atoms with van der Waals surface area (Å²) in [5.74, 6) is 0.629. The fraction of sp³-hybridized carbons (Fsp3) is 0.455. The predicted molar refractivity (Wildman–Crippen MR) is 57.9 cm³/mol. The lowest BCUT2D eigenvalue weighted by Gasteiger charge is -2.07. The van der Waals surface area contributed by atoms with Crippen LogP contribution >= 0.6 is 15.9 Å². The van der Waals surface area contributed by atoms with E-state index in [9.17, 15) is 0 Å². The van der Waals surface area contributed by atoms with Crippen LogP contribution in [0.3, 0.4) is 0 Å². The van der Waals surface area contributed by atoms with Crippen LogP contribution < -0.4 is 0 Å². The minimum atomic E-state index is 0.457. The molecule has 1 atom stereocenters. The van der Waals surface area contributed by atoms with Crippen molar-refractivity contribution in [1.29, 1.82) is 0 Å². The molecule has 0 amide bonds. The Bertz CT molecular complexity index is 207. The van der Waals surface area contributed by atoms with Gasteiger partial charge in [-0.05, 0) is 24.0 Å². The zero-order chi connectivity index (χ0) is 9.14. The molecule has 0 spiro atoms. The van der Waals surface area contributed by atoms with Crippen molar-refractivity contribution in [3.05, 3.63) is 35.4 Å². The first-order valence-electron chi connectivity index (χ1n) is 4.35. The molecule has 0 N–H and O–H groups in total. The van der Waals surface area contributed by atoms with Crippen molar-refractivity contribution in [2.45, 2.75) is 31.5 Å². The highest BCUT2D eigenvalue weighted by atomic mass is 79.9. The number of alkyl halides is 1. The van der Waals surface area contributed by atoms with Gasteiger partial charge < -0.3 is 0 Å². The second-order valence-corrected chi connectivity index (χ2v) is 4.81. The van der Waals surface area contributed by atoms with E-state index in [0.717, 1.165) is 0 Å². The Morgan fingerprint density at radius 1 is 0.917 bits per heavy atom. The molecule has 0 aliphatic carbocycles. The maximum absolute atomic E-state index is 3.54. The average Bonchev–Trinajstić information content (AvgIpc) is 2.04. The van der Waals surface area contributed by atoms with E-state index in [2.05, 4.69) is 61.0 Å². The highest BCUT2D eigenvalue weighted by molar-refractivity contribution is 9.09. The molecule has 1 rings (SSSR count). The molecular formula is C11H15Br. The molecule has 0 aliphatic heterocycles. The van der Waals surface area contributed by atoms with E-state index >= 15 is 0 Å². The minimum Gasteiger partial charge on any atom is -0.0842 e. The van der Waals surface area contributed by atoms with Gasteiger partial charge in [-0.15, -0.1) is 0 Å². The molecule has 0 aliphatic rings. The van der Waals surface area contributed by atoms with Gasteiger partial charge in [0, 0.05) is 4.83 Å². The molecule has 1 heteroatoms. The van der Waals surface area contributed by atoms with Gasteiger partial charge in [-0.3, -0.25) is 0 Å². The molecule has 0 saturated carbocycles. The van der Waals surface area contributed by atoms with E-state index in [-0.39, 0.29) is 0 Å². The molecule has 0 radical (unpaired) electrons. The van der Waals surface area contributed by atoms with Crippen molar-refractivity contribution in [3.63, 3.8) is 0 Å². The minimum absolute atomic E-state index is 0.457. The van der Waals surface area contributed by atoms with Crippen LogP contribution in [0.2, 0.25) is 0 Å². The van der Waals surface area contributed by atoms with Gasteiger partial charge in [-0.1, -0.05) is 54.0 Å². The van der Waals surface area contributed by atoms with Gasteiger partial charge in [0.2, 0.25) is 0 Å². The summed E-state index contributed by atoms with van der Waals surface area (Å²) < 4.78 is 0. The van der Waals surface area contributed by atoms with Crippen LogP contribution in [0.15, 0.2) is 24.3 Å². The van der Waals surface area contributed by atoms with Gasteiger partial charge in [0.05, 0.1) is 0 Å². The largest absolute Gasteiger partial charge is 0.0842 e. The molecule has 0 unspecified atom stereocenters. The molecular weight excluding hydrogens is 212 g/mol. The number of rotatable bonds is 2. The van der Waals surface area contributed by atoms with Gasteiger partial charge in [-0.2, -0.15) is 0 Å². The molecule has 0 nitrogen and oxygen atoms in total. The van der Waals surface area contributed by atoms with Crippen LogP contribution in [0.4, 0.5) is 0 Å². The molecule has 0 heterocycles. The third-order valence-corrected chi connectivity index (χ3v) is 2.59. The van der Waals surface area contributed by atoms with E-state index in [0.29, 0.717) is 10.7 Å². The van der Waals surface area contributed by atoms with E-state index in [4.69, 9.17) is 0 Å². The summed E-state index contributed by atoms with van der Waals surface area (Å²) in [6, 6.07) is 8.79. The maximum atomic E-state index is 3.54. The second kappa shape index (κ2) is 4.08. The van der Waals surface area contributed by atoms with Crippen LogP contribution in [-0.2, 0) is 0 Å². The number of halogens is 1. The van der Waals surface area contributed by atoms with Crippen LogP contribution in [0, 0.1) is 0 Å². The highest BCUT2D eigenvalue weighted by Gasteiger charge is 2.01. The first kappa shape index (κ1) is 9.79. The lowest BCUT2D eigenvalue weighted by Crippen LogP contribution is -1.88. The van der Waals surface area contributed by atoms with E-state index in [1.807, 2.05) is 0 Å². The standard InChI is InChI=1S/C11H15Br/c1-8(2)10-4-6-11(7-5-10)9(3)12/h4-9H,1-3H3/t9-/m0/s1. The van der Waals surface area contributed by atoms with Crippen molar-refractivity contribution in [1.82, 2.24) is 0 Å². The maximum Gasteiger partial charge on any atom is 0.0367 e. The fourth-order valence-electron chi connectivity index (χ4n) is 1.15. The molecule has 0 bridgehead atoms. The zero-order valence-electron chi connectivity index (χ0n) is 7.84. The van der Waals surface area contributed by atoms with Gasteiger partial charge in [0.15, 0.2) is 0 Å². The third-order valence-electron chi connectivity index (χ3n) is 2.06. The predicted octanol–water partition coefficient (Wildman–Crippen LogP) is 4.27. The van der Waals surface area contributed by atoms with Crippen LogP contribution in [-0.4, -0.2) is 0 Å². The van der Waals surface area contributed by atoms with Gasteiger partial charge in [0.1, 0.15) is 0 Å². The summed E-state index contributed by atoms with van der Waals surface area (Å²) in [6.45, 7) is 6.57. The molecule has 0 aromatic heterocycles. The highest BCUT2D eigenvalue weighted by Crippen LogP contribution is 2.23. The average molecular weight is 227 g/mol. The smallest absolute Gasteiger partial charge is 0.0367 e. The monoisotopic (exact) mass is 226 g/mol. The Kier molecular flexibility index (Phi) is 3.33. The van der Waals surface area contributed by atoms with Gasteiger partial charge in [-0.25, -0.2) is 0 Å². The van der Waals surface area contributed by atoms with Crippen molar-refractivity contribution in [2.75, 3.05) is 0 Å². The van der Waals surface area contributed by atoms with Gasteiger partial charge >= 0.3 is 0 Å². The molecule has 0 fully saturated rings. The molecule has 12 heavy (non-hydrogen) atoms. The van der Waals surface area contributed by atoms with Crippen LogP contribution in [0.25, 0.3) is 0 Å². The second-order valence-electron chi connectivity index (χ2n) is 3.44. The zero-order valence-corrected chi connectivity index (χ0v) is 9.43. The molecule has 1 aromatic carbocycles. The Balaban J connectivity index is 2.86. The Labute approximate surface area is 83.1 Å².